The number of hydrogen-bond donors (Lipinski definition) is 1. The molecule has 0 fully saturated rings. The summed E-state index contributed by atoms with van der Waals surface area (Å²) in [5, 5.41) is 3.07. The Morgan fingerprint density at radius 3 is 2.90 bits per heavy atom. The maximum absolute atomic E-state index is 5.16. The highest BCUT2D eigenvalue weighted by atomic mass is 16.5. The number of rotatable bonds is 2. The van der Waals surface area contributed by atoms with Crippen molar-refractivity contribution in [2.24, 2.45) is 0 Å². The molecule has 1 aliphatic carbocycles. The van der Waals surface area contributed by atoms with Gasteiger partial charge in [-0.25, -0.2) is 0 Å². The highest BCUT2D eigenvalue weighted by molar-refractivity contribution is 5.24. The van der Waals surface area contributed by atoms with Gasteiger partial charge in [0.15, 0.2) is 0 Å². The highest BCUT2D eigenvalue weighted by Gasteiger charge is 2.05. The predicted octanol–water partition coefficient (Wildman–Crippen LogP) is 1.41. The zero-order chi connectivity index (χ0) is 7.40. The second-order valence-electron chi connectivity index (χ2n) is 2.23. The van der Waals surface area contributed by atoms with Crippen LogP contribution in [0.5, 0.6) is 0 Å². The van der Waals surface area contributed by atoms with E-state index >= 15 is 0 Å². The van der Waals surface area contributed by atoms with E-state index in [1.165, 1.54) is 0 Å². The molecular formula is C8H13NO. The summed E-state index contributed by atoms with van der Waals surface area (Å²) in [5.74, 6) is 1.06. The Morgan fingerprint density at radius 2 is 2.40 bits per heavy atom. The van der Waals surface area contributed by atoms with Crippen molar-refractivity contribution in [3.63, 3.8) is 0 Å². The van der Waals surface area contributed by atoms with Gasteiger partial charge in [0, 0.05) is 13.5 Å². The van der Waals surface area contributed by atoms with Crippen molar-refractivity contribution in [2.45, 2.75) is 12.8 Å². The van der Waals surface area contributed by atoms with Crippen LogP contribution in [-0.4, -0.2) is 14.2 Å². The smallest absolute Gasteiger partial charge is 0.119 e. The van der Waals surface area contributed by atoms with Crippen molar-refractivity contribution >= 4 is 0 Å². The van der Waals surface area contributed by atoms with Gasteiger partial charge in [-0.05, 0) is 12.5 Å². The van der Waals surface area contributed by atoms with Gasteiger partial charge in [-0.3, -0.25) is 0 Å². The molecule has 0 radical (unpaired) electrons. The predicted molar refractivity (Wildman–Crippen MR) is 41.5 cm³/mol. The Morgan fingerprint density at radius 1 is 1.60 bits per heavy atom. The quantitative estimate of drug-likeness (QED) is 0.624. The molecule has 0 bridgehead atoms. The number of nitrogens with one attached hydrogen (secondary N) is 1. The van der Waals surface area contributed by atoms with E-state index in [2.05, 4.69) is 17.5 Å². The van der Waals surface area contributed by atoms with E-state index in [0.29, 0.717) is 0 Å². The van der Waals surface area contributed by atoms with Crippen molar-refractivity contribution in [2.75, 3.05) is 14.2 Å². The molecule has 1 aliphatic rings. The second-order valence-corrected chi connectivity index (χ2v) is 2.23. The molecule has 0 saturated carbocycles. The molecule has 0 saturated heterocycles. The summed E-state index contributed by atoms with van der Waals surface area (Å²) in [6.45, 7) is 0. The Hall–Kier alpha value is -0.920. The summed E-state index contributed by atoms with van der Waals surface area (Å²) in [7, 11) is 3.62. The van der Waals surface area contributed by atoms with E-state index in [1.54, 1.807) is 7.11 Å². The van der Waals surface area contributed by atoms with Crippen molar-refractivity contribution < 1.29 is 4.74 Å². The van der Waals surface area contributed by atoms with Crippen LogP contribution in [0.2, 0.25) is 0 Å². The van der Waals surface area contributed by atoms with Gasteiger partial charge in [0.25, 0.3) is 0 Å². The van der Waals surface area contributed by atoms with Crippen molar-refractivity contribution in [3.8, 4) is 0 Å². The van der Waals surface area contributed by atoms with Gasteiger partial charge in [0.2, 0.25) is 0 Å². The summed E-state index contributed by atoms with van der Waals surface area (Å²) < 4.78 is 5.16. The fourth-order valence-electron chi connectivity index (χ4n) is 1.08. The van der Waals surface area contributed by atoms with Crippen molar-refractivity contribution in [1.29, 1.82) is 0 Å². The summed E-state index contributed by atoms with van der Waals surface area (Å²) in [4.78, 5) is 0. The molecule has 0 atom stereocenters. The Balaban J connectivity index is 2.73. The molecular weight excluding hydrogens is 126 g/mol. The summed E-state index contributed by atoms with van der Waals surface area (Å²) in [6, 6.07) is 0. The Bertz CT molecular complexity index is 170. The fraction of sp³-hybridized carbons (Fsp3) is 0.500. The van der Waals surface area contributed by atoms with Gasteiger partial charge in [-0.1, -0.05) is 6.08 Å². The minimum Gasteiger partial charge on any atom is -0.499 e. The average Bonchev–Trinajstić information content (AvgIpc) is 2.04. The van der Waals surface area contributed by atoms with Crippen LogP contribution in [0.1, 0.15) is 12.8 Å². The van der Waals surface area contributed by atoms with E-state index in [9.17, 15) is 0 Å². The number of methoxy groups -OCH3 is 1. The van der Waals surface area contributed by atoms with Crippen LogP contribution in [0.3, 0.4) is 0 Å². The minimum absolute atomic E-state index is 1.02. The molecule has 10 heavy (non-hydrogen) atoms. The first-order valence-electron chi connectivity index (χ1n) is 3.50. The number of ether oxygens (including phenoxy) is 1. The molecule has 0 unspecified atom stereocenters. The molecule has 0 heterocycles. The minimum atomic E-state index is 1.02. The Labute approximate surface area is 61.6 Å². The lowest BCUT2D eigenvalue weighted by Gasteiger charge is -2.13. The van der Waals surface area contributed by atoms with Crippen LogP contribution in [0.4, 0.5) is 0 Å². The van der Waals surface area contributed by atoms with Gasteiger partial charge >= 0.3 is 0 Å². The third kappa shape index (κ3) is 1.32. The molecule has 1 N–H and O–H groups in total. The zero-order valence-electron chi connectivity index (χ0n) is 6.48. The van der Waals surface area contributed by atoms with E-state index < -0.39 is 0 Å². The average molecular weight is 139 g/mol. The van der Waals surface area contributed by atoms with Gasteiger partial charge < -0.3 is 10.1 Å². The number of likely N-dealkylation sites (N-methyl/N-ethyl adjacent to an activating group) is 1. The van der Waals surface area contributed by atoms with E-state index in [4.69, 9.17) is 4.74 Å². The van der Waals surface area contributed by atoms with Gasteiger partial charge in [-0.15, -0.1) is 0 Å². The molecule has 0 aromatic carbocycles. The van der Waals surface area contributed by atoms with E-state index in [-0.39, 0.29) is 0 Å². The van der Waals surface area contributed by atoms with E-state index in [0.717, 1.165) is 24.3 Å². The van der Waals surface area contributed by atoms with Crippen LogP contribution >= 0.6 is 0 Å². The lowest BCUT2D eigenvalue weighted by atomic mass is 10.1. The standard InChI is InChI=1S/C8H13NO/c1-9-7-5-3-4-6-8(7)10-2/h3,5,9H,4,6H2,1-2H3. The molecule has 0 spiro atoms. The fourth-order valence-corrected chi connectivity index (χ4v) is 1.08. The molecule has 0 amide bonds. The van der Waals surface area contributed by atoms with Crippen LogP contribution in [0.15, 0.2) is 23.6 Å². The lowest BCUT2D eigenvalue weighted by molar-refractivity contribution is 0.270. The normalized spacial score (nSPS) is 17.4. The number of allylic oxidation sites excluding steroid dienone is 3. The van der Waals surface area contributed by atoms with Gasteiger partial charge in [0.05, 0.1) is 12.8 Å². The molecule has 0 aromatic heterocycles. The van der Waals surface area contributed by atoms with Crippen LogP contribution < -0.4 is 5.32 Å². The van der Waals surface area contributed by atoms with Gasteiger partial charge in [0.1, 0.15) is 5.76 Å². The van der Waals surface area contributed by atoms with E-state index in [1.807, 2.05) is 7.05 Å². The highest BCUT2D eigenvalue weighted by Crippen LogP contribution is 2.16. The second kappa shape index (κ2) is 3.30. The lowest BCUT2D eigenvalue weighted by Crippen LogP contribution is -2.10. The first kappa shape index (κ1) is 7.19. The maximum Gasteiger partial charge on any atom is 0.119 e. The molecule has 1 rings (SSSR count). The first-order chi connectivity index (χ1) is 4.88. The summed E-state index contributed by atoms with van der Waals surface area (Å²) >= 11 is 0. The van der Waals surface area contributed by atoms with Crippen molar-refractivity contribution in [1.82, 2.24) is 5.32 Å². The molecule has 0 aliphatic heterocycles. The number of hydrogen-bond acceptors (Lipinski definition) is 2. The first-order valence-corrected chi connectivity index (χ1v) is 3.50. The molecule has 0 aromatic rings. The topological polar surface area (TPSA) is 21.3 Å². The third-order valence-electron chi connectivity index (χ3n) is 1.64. The zero-order valence-corrected chi connectivity index (χ0v) is 6.48. The molecule has 56 valence electrons. The van der Waals surface area contributed by atoms with Crippen LogP contribution in [0.25, 0.3) is 0 Å². The summed E-state index contributed by atoms with van der Waals surface area (Å²) in [5.41, 5.74) is 1.11. The maximum atomic E-state index is 5.16. The Kier molecular flexibility index (Phi) is 2.37. The van der Waals surface area contributed by atoms with Crippen LogP contribution in [-0.2, 0) is 4.74 Å². The summed E-state index contributed by atoms with van der Waals surface area (Å²) in [6.07, 6.45) is 6.31. The van der Waals surface area contributed by atoms with Crippen molar-refractivity contribution in [3.05, 3.63) is 23.6 Å². The SMILES string of the molecule is CNC1=C(OC)CCC=C1. The third-order valence-corrected chi connectivity index (χ3v) is 1.64. The molecule has 2 nitrogen and oxygen atoms in total. The monoisotopic (exact) mass is 139 g/mol. The molecule has 2 heteroatoms. The van der Waals surface area contributed by atoms with Gasteiger partial charge in [-0.2, -0.15) is 0 Å². The largest absolute Gasteiger partial charge is 0.499 e. The van der Waals surface area contributed by atoms with Crippen LogP contribution in [0, 0.1) is 0 Å².